The van der Waals surface area contributed by atoms with Crippen LogP contribution in [-0.2, 0) is 27.5 Å². The van der Waals surface area contributed by atoms with Crippen molar-refractivity contribution >= 4 is 39.1 Å². The van der Waals surface area contributed by atoms with Gasteiger partial charge in [-0.2, -0.15) is 18.2 Å². The minimum Gasteiger partial charge on any atom is -0.490 e. The average Bonchev–Trinajstić information content (AvgIpc) is 3.17. The molecule has 0 spiro atoms. The molecular weight excluding hydrogens is 575 g/mol. The summed E-state index contributed by atoms with van der Waals surface area (Å²) in [4.78, 5) is 19.2. The molecule has 0 bridgehead atoms. The average molecular weight is 608 g/mol. The summed E-state index contributed by atoms with van der Waals surface area (Å²) in [6.07, 6.45) is 0.320. The number of carboxylic acids is 1. The number of carbonyl (C=O) groups is 1. The van der Waals surface area contributed by atoms with E-state index in [4.69, 9.17) is 4.74 Å². The van der Waals surface area contributed by atoms with Gasteiger partial charge in [-0.25, -0.2) is 13.4 Å². The van der Waals surface area contributed by atoms with Crippen LogP contribution in [0.2, 0.25) is 0 Å². The molecular formula is C28H32F3N5O5S. The molecule has 4 rings (SSSR count). The number of rotatable bonds is 10. The molecule has 0 amide bonds. The molecule has 2 unspecified atom stereocenters. The Morgan fingerprint density at radius 3 is 2.52 bits per heavy atom. The SMILES string of the molecule is CN(c1cccc(CNc2nc(Nc3ccc(OC4CCCC(C(=O)O)CC4)cc3)ncc2C(F)(F)F)c1)S(C)(=O)=O. The summed E-state index contributed by atoms with van der Waals surface area (Å²) < 4.78 is 71.9. The number of carboxylic acid groups (broad SMARTS) is 1. The van der Waals surface area contributed by atoms with Gasteiger partial charge in [0.05, 0.1) is 24.0 Å². The molecule has 3 aromatic rings. The first-order valence-corrected chi connectivity index (χ1v) is 15.1. The van der Waals surface area contributed by atoms with Crippen molar-refractivity contribution in [2.24, 2.45) is 5.92 Å². The third kappa shape index (κ3) is 8.24. The van der Waals surface area contributed by atoms with Crippen LogP contribution in [-0.4, -0.2) is 48.9 Å². The van der Waals surface area contributed by atoms with Gasteiger partial charge in [-0.1, -0.05) is 12.1 Å². The van der Waals surface area contributed by atoms with Gasteiger partial charge in [0.25, 0.3) is 0 Å². The third-order valence-electron chi connectivity index (χ3n) is 7.00. The number of alkyl halides is 3. The minimum absolute atomic E-state index is 0.0502. The molecule has 0 radical (unpaired) electrons. The van der Waals surface area contributed by atoms with Gasteiger partial charge < -0.3 is 20.5 Å². The lowest BCUT2D eigenvalue weighted by Gasteiger charge is -2.18. The zero-order valence-electron chi connectivity index (χ0n) is 23.1. The predicted molar refractivity (Wildman–Crippen MR) is 152 cm³/mol. The number of aromatic nitrogens is 2. The second-order valence-electron chi connectivity index (χ2n) is 10.1. The van der Waals surface area contributed by atoms with Crippen molar-refractivity contribution in [3.63, 3.8) is 0 Å². The first-order valence-electron chi connectivity index (χ1n) is 13.3. The van der Waals surface area contributed by atoms with Crippen molar-refractivity contribution in [1.29, 1.82) is 0 Å². The molecule has 1 aliphatic rings. The van der Waals surface area contributed by atoms with E-state index in [-0.39, 0.29) is 24.5 Å². The fraction of sp³-hybridized carbons (Fsp3) is 0.393. The Balaban J connectivity index is 1.44. The van der Waals surface area contributed by atoms with Crippen LogP contribution in [0, 0.1) is 5.92 Å². The van der Waals surface area contributed by atoms with Gasteiger partial charge >= 0.3 is 12.1 Å². The molecule has 1 saturated carbocycles. The largest absolute Gasteiger partial charge is 0.490 e. The Kier molecular flexibility index (Phi) is 9.44. The fourth-order valence-electron chi connectivity index (χ4n) is 4.59. The number of aliphatic carboxylic acids is 1. The number of hydrogen-bond donors (Lipinski definition) is 3. The lowest BCUT2D eigenvalue weighted by Crippen LogP contribution is -2.24. The van der Waals surface area contributed by atoms with Gasteiger partial charge in [0, 0.05) is 25.5 Å². The number of hydrogen-bond acceptors (Lipinski definition) is 8. The van der Waals surface area contributed by atoms with E-state index in [1.807, 2.05) is 0 Å². The van der Waals surface area contributed by atoms with Crippen LogP contribution in [0.1, 0.15) is 43.2 Å². The Morgan fingerprint density at radius 1 is 1.12 bits per heavy atom. The molecule has 0 saturated heterocycles. The van der Waals surface area contributed by atoms with Gasteiger partial charge in [0.15, 0.2) is 0 Å². The van der Waals surface area contributed by atoms with E-state index in [9.17, 15) is 31.5 Å². The highest BCUT2D eigenvalue weighted by atomic mass is 32.2. The van der Waals surface area contributed by atoms with Gasteiger partial charge in [-0.15, -0.1) is 0 Å². The molecule has 1 fully saturated rings. The highest BCUT2D eigenvalue weighted by molar-refractivity contribution is 7.92. The summed E-state index contributed by atoms with van der Waals surface area (Å²) >= 11 is 0. The molecule has 42 heavy (non-hydrogen) atoms. The van der Waals surface area contributed by atoms with E-state index in [1.54, 1.807) is 48.5 Å². The van der Waals surface area contributed by atoms with Crippen molar-refractivity contribution in [3.05, 3.63) is 65.9 Å². The van der Waals surface area contributed by atoms with Crippen molar-refractivity contribution in [2.75, 3.05) is 28.2 Å². The molecule has 1 aromatic heterocycles. The van der Waals surface area contributed by atoms with E-state index in [1.165, 1.54) is 7.05 Å². The number of sulfonamides is 1. The van der Waals surface area contributed by atoms with Crippen LogP contribution in [0.3, 0.4) is 0 Å². The second kappa shape index (κ2) is 12.8. The van der Waals surface area contributed by atoms with Crippen LogP contribution in [0.5, 0.6) is 5.75 Å². The smallest absolute Gasteiger partial charge is 0.421 e. The maximum absolute atomic E-state index is 13.7. The normalized spacial score (nSPS) is 17.6. The Morgan fingerprint density at radius 2 is 1.86 bits per heavy atom. The molecule has 2 aromatic carbocycles. The maximum atomic E-state index is 13.7. The number of benzene rings is 2. The summed E-state index contributed by atoms with van der Waals surface area (Å²) in [5.74, 6) is -1.02. The van der Waals surface area contributed by atoms with Crippen LogP contribution in [0.4, 0.5) is 36.3 Å². The summed E-state index contributed by atoms with van der Waals surface area (Å²) in [6.45, 7) is -0.0502. The van der Waals surface area contributed by atoms with E-state index in [0.717, 1.165) is 23.4 Å². The lowest BCUT2D eigenvalue weighted by atomic mass is 10.0. The number of anilines is 4. The minimum atomic E-state index is -4.71. The van der Waals surface area contributed by atoms with E-state index < -0.39 is 33.6 Å². The summed E-state index contributed by atoms with van der Waals surface area (Å²) in [5.41, 5.74) is 0.395. The van der Waals surface area contributed by atoms with Crippen molar-refractivity contribution < 1.29 is 36.2 Å². The van der Waals surface area contributed by atoms with Crippen molar-refractivity contribution in [3.8, 4) is 5.75 Å². The Hall–Kier alpha value is -4.07. The molecule has 1 aliphatic carbocycles. The fourth-order valence-corrected chi connectivity index (χ4v) is 5.09. The van der Waals surface area contributed by atoms with Crippen LogP contribution >= 0.6 is 0 Å². The number of nitrogens with one attached hydrogen (secondary N) is 2. The maximum Gasteiger partial charge on any atom is 0.421 e. The summed E-state index contributed by atoms with van der Waals surface area (Å²) in [5, 5.41) is 14.9. The van der Waals surface area contributed by atoms with Gasteiger partial charge in [0.2, 0.25) is 16.0 Å². The van der Waals surface area contributed by atoms with Crippen LogP contribution in [0.15, 0.2) is 54.7 Å². The first kappa shape index (κ1) is 30.9. The highest BCUT2D eigenvalue weighted by Gasteiger charge is 2.35. The van der Waals surface area contributed by atoms with Crippen LogP contribution in [0.25, 0.3) is 0 Å². The van der Waals surface area contributed by atoms with Gasteiger partial charge in [-0.05, 0) is 74.1 Å². The summed E-state index contributed by atoms with van der Waals surface area (Å²) in [6, 6.07) is 13.2. The zero-order chi connectivity index (χ0) is 30.5. The second-order valence-corrected chi connectivity index (χ2v) is 12.2. The number of ether oxygens (including phenoxy) is 1. The van der Waals surface area contributed by atoms with E-state index >= 15 is 0 Å². The number of halogens is 3. The zero-order valence-corrected chi connectivity index (χ0v) is 23.9. The van der Waals surface area contributed by atoms with E-state index in [2.05, 4.69) is 20.6 Å². The molecule has 226 valence electrons. The molecule has 3 N–H and O–H groups in total. The molecule has 14 heteroatoms. The quantitative estimate of drug-likeness (QED) is 0.250. The summed E-state index contributed by atoms with van der Waals surface area (Å²) in [7, 11) is -2.12. The molecule has 1 heterocycles. The first-order chi connectivity index (χ1) is 19.8. The predicted octanol–water partition coefficient (Wildman–Crippen LogP) is 5.66. The van der Waals surface area contributed by atoms with Crippen LogP contribution < -0.4 is 19.7 Å². The monoisotopic (exact) mass is 607 g/mol. The van der Waals surface area contributed by atoms with Crippen molar-refractivity contribution in [1.82, 2.24) is 9.97 Å². The standard InChI is InChI=1S/C28H32F3N5O5S/c1-36(42(2,39)40)21-7-3-5-18(15-21)16-32-25-24(28(29,30)31)17-33-27(35-25)34-20-10-13-23(14-11-20)41-22-8-4-6-19(9-12-22)26(37)38/h3,5,7,10-11,13-15,17,19,22H,4,6,8-9,12,16H2,1-2H3,(H,37,38)(H2,32,33,34,35). The molecule has 0 aliphatic heterocycles. The lowest BCUT2D eigenvalue weighted by molar-refractivity contribution is -0.142. The van der Waals surface area contributed by atoms with Gasteiger partial charge in [-0.3, -0.25) is 9.10 Å². The molecule has 2 atom stereocenters. The van der Waals surface area contributed by atoms with Gasteiger partial charge in [0.1, 0.15) is 17.1 Å². The third-order valence-corrected chi connectivity index (χ3v) is 8.21. The number of nitrogens with zero attached hydrogens (tertiary/aromatic N) is 3. The Labute approximate surface area is 242 Å². The highest BCUT2D eigenvalue weighted by Crippen LogP contribution is 2.35. The molecule has 10 nitrogen and oxygen atoms in total. The topological polar surface area (TPSA) is 134 Å². The van der Waals surface area contributed by atoms with Crippen molar-refractivity contribution in [2.45, 2.75) is 50.9 Å². The Bertz CT molecular complexity index is 1500. The van der Waals surface area contributed by atoms with E-state index in [0.29, 0.717) is 48.1 Å².